The van der Waals surface area contributed by atoms with Crippen molar-refractivity contribution in [3.8, 4) is 0 Å². The topological polar surface area (TPSA) is 65.2 Å². The molecule has 20 heavy (non-hydrogen) atoms. The van der Waals surface area contributed by atoms with Crippen LogP contribution in [0.25, 0.3) is 0 Å². The van der Waals surface area contributed by atoms with E-state index in [-0.39, 0.29) is 16.9 Å². The van der Waals surface area contributed by atoms with Crippen LogP contribution < -0.4 is 10.7 Å². The average Bonchev–Trinajstić information content (AvgIpc) is 2.38. The molecule has 110 valence electrons. The number of pyridine rings is 1. The Bertz CT molecular complexity index is 548. The summed E-state index contributed by atoms with van der Waals surface area (Å²) >= 11 is 1.74. The van der Waals surface area contributed by atoms with Crippen LogP contribution in [0.1, 0.15) is 35.9 Å². The molecular formula is C14H21N3O2S. The van der Waals surface area contributed by atoms with Crippen LogP contribution in [0.2, 0.25) is 0 Å². The molecule has 1 saturated heterocycles. The number of carbonyl (C=O) groups excluding carboxylic acids is 1. The summed E-state index contributed by atoms with van der Waals surface area (Å²) in [5.41, 5.74) is 0.687. The van der Waals surface area contributed by atoms with Gasteiger partial charge in [-0.2, -0.15) is 0 Å². The average molecular weight is 295 g/mol. The lowest BCUT2D eigenvalue weighted by Gasteiger charge is -2.38. The second kappa shape index (κ2) is 6.01. The van der Waals surface area contributed by atoms with Crippen molar-refractivity contribution in [1.82, 2.24) is 14.6 Å². The zero-order valence-corrected chi connectivity index (χ0v) is 13.0. The van der Waals surface area contributed by atoms with Crippen LogP contribution in [0.5, 0.6) is 0 Å². The maximum absolute atomic E-state index is 12.3. The maximum atomic E-state index is 12.3. The molecule has 0 radical (unpaired) electrons. The van der Waals surface area contributed by atoms with Gasteiger partial charge in [-0.15, -0.1) is 0 Å². The quantitative estimate of drug-likeness (QED) is 0.830. The van der Waals surface area contributed by atoms with Gasteiger partial charge in [-0.25, -0.2) is 0 Å². The molecule has 0 saturated carbocycles. The minimum Gasteiger partial charge on any atom is -0.354 e. The zero-order chi connectivity index (χ0) is 14.8. The molecule has 5 nitrogen and oxygen atoms in total. The van der Waals surface area contributed by atoms with Gasteiger partial charge in [0.1, 0.15) is 5.69 Å². The highest BCUT2D eigenvalue weighted by molar-refractivity contribution is 7.96. The van der Waals surface area contributed by atoms with Gasteiger partial charge in [0.25, 0.3) is 5.91 Å². The molecule has 0 unspecified atom stereocenters. The Morgan fingerprint density at radius 2 is 2.05 bits per heavy atom. The first-order valence-corrected chi connectivity index (χ1v) is 7.92. The van der Waals surface area contributed by atoms with Gasteiger partial charge in [0, 0.05) is 36.5 Å². The van der Waals surface area contributed by atoms with E-state index in [4.69, 9.17) is 0 Å². The second-order valence-corrected chi connectivity index (χ2v) is 6.42. The SMILES string of the molecule is CSN1CCC(C)(NC(=O)c2cc(=O)cc(C)[nH]2)CC1. The summed E-state index contributed by atoms with van der Waals surface area (Å²) in [4.78, 5) is 26.7. The predicted molar refractivity (Wildman–Crippen MR) is 82.0 cm³/mol. The van der Waals surface area contributed by atoms with Gasteiger partial charge in [0.05, 0.1) is 0 Å². The third kappa shape index (κ3) is 3.64. The molecule has 1 aromatic rings. The van der Waals surface area contributed by atoms with Crippen molar-refractivity contribution in [3.05, 3.63) is 33.7 Å². The number of nitrogens with zero attached hydrogens (tertiary/aromatic N) is 1. The van der Waals surface area contributed by atoms with Gasteiger partial charge in [0.2, 0.25) is 0 Å². The van der Waals surface area contributed by atoms with Gasteiger partial charge < -0.3 is 10.3 Å². The number of nitrogens with one attached hydrogen (secondary N) is 2. The summed E-state index contributed by atoms with van der Waals surface area (Å²) in [6.45, 7) is 5.76. The molecule has 0 atom stereocenters. The Morgan fingerprint density at radius 1 is 1.40 bits per heavy atom. The summed E-state index contributed by atoms with van der Waals surface area (Å²) in [6, 6.07) is 2.83. The smallest absolute Gasteiger partial charge is 0.268 e. The van der Waals surface area contributed by atoms with E-state index < -0.39 is 0 Å². The van der Waals surface area contributed by atoms with Crippen LogP contribution in [-0.2, 0) is 0 Å². The Labute approximate surface area is 123 Å². The van der Waals surface area contributed by atoms with Gasteiger partial charge in [-0.1, -0.05) is 11.9 Å². The molecule has 1 fully saturated rings. The first kappa shape index (κ1) is 15.1. The first-order valence-electron chi connectivity index (χ1n) is 6.74. The van der Waals surface area contributed by atoms with E-state index in [9.17, 15) is 9.59 Å². The highest BCUT2D eigenvalue weighted by atomic mass is 32.2. The Kier molecular flexibility index (Phi) is 4.55. The number of aromatic nitrogens is 1. The summed E-state index contributed by atoms with van der Waals surface area (Å²) in [7, 11) is 0. The largest absolute Gasteiger partial charge is 0.354 e. The maximum Gasteiger partial charge on any atom is 0.268 e. The van der Waals surface area contributed by atoms with E-state index in [0.29, 0.717) is 11.4 Å². The molecule has 1 aliphatic rings. The Morgan fingerprint density at radius 3 is 2.60 bits per heavy atom. The van der Waals surface area contributed by atoms with Gasteiger partial charge in [0.15, 0.2) is 5.43 Å². The number of H-pyrrole nitrogens is 1. The lowest BCUT2D eigenvalue weighted by atomic mass is 9.90. The molecule has 1 aliphatic heterocycles. The first-order chi connectivity index (χ1) is 9.42. The number of hydrogen-bond acceptors (Lipinski definition) is 4. The van der Waals surface area contributed by atoms with Crippen LogP contribution in [0.15, 0.2) is 16.9 Å². The fourth-order valence-electron chi connectivity index (χ4n) is 2.43. The van der Waals surface area contributed by atoms with E-state index in [1.54, 1.807) is 18.9 Å². The number of aromatic amines is 1. The third-order valence-electron chi connectivity index (χ3n) is 3.72. The zero-order valence-electron chi connectivity index (χ0n) is 12.2. The minimum atomic E-state index is -0.204. The van der Waals surface area contributed by atoms with E-state index in [2.05, 4.69) is 27.8 Å². The second-order valence-electron chi connectivity index (χ2n) is 5.54. The van der Waals surface area contributed by atoms with Crippen molar-refractivity contribution >= 4 is 17.9 Å². The highest BCUT2D eigenvalue weighted by Gasteiger charge is 2.31. The van der Waals surface area contributed by atoms with E-state index >= 15 is 0 Å². The molecule has 0 bridgehead atoms. The van der Waals surface area contributed by atoms with Crippen LogP contribution in [0.4, 0.5) is 0 Å². The molecule has 0 spiro atoms. The summed E-state index contributed by atoms with van der Waals surface area (Å²) in [5, 5.41) is 3.07. The monoisotopic (exact) mass is 295 g/mol. The van der Waals surface area contributed by atoms with Crippen molar-refractivity contribution < 1.29 is 4.79 Å². The lowest BCUT2D eigenvalue weighted by Crippen LogP contribution is -2.52. The summed E-state index contributed by atoms with van der Waals surface area (Å²) in [5.74, 6) is -0.203. The third-order valence-corrected chi connectivity index (χ3v) is 4.60. The Balaban J connectivity index is 2.06. The summed E-state index contributed by atoms with van der Waals surface area (Å²) < 4.78 is 2.29. The fourth-order valence-corrected chi connectivity index (χ4v) is 2.98. The molecule has 1 amide bonds. The highest BCUT2D eigenvalue weighted by Crippen LogP contribution is 2.25. The number of hydrogen-bond donors (Lipinski definition) is 2. The van der Waals surface area contributed by atoms with E-state index in [1.807, 2.05) is 0 Å². The normalized spacial score (nSPS) is 18.8. The molecule has 2 rings (SSSR count). The molecule has 2 N–H and O–H groups in total. The lowest BCUT2D eigenvalue weighted by molar-refractivity contribution is 0.0868. The van der Waals surface area contributed by atoms with E-state index in [0.717, 1.165) is 25.9 Å². The number of piperidine rings is 1. The summed E-state index contributed by atoms with van der Waals surface area (Å²) in [6.07, 6.45) is 3.89. The molecule has 0 aliphatic carbocycles. The predicted octanol–water partition coefficient (Wildman–Crippen LogP) is 1.55. The van der Waals surface area contributed by atoms with Crippen molar-refractivity contribution in [2.24, 2.45) is 0 Å². The number of aryl methyl sites for hydroxylation is 1. The standard InChI is InChI=1S/C14H21N3O2S/c1-10-8-11(18)9-12(15-10)13(19)16-14(2)4-6-17(20-3)7-5-14/h8-9H,4-7H2,1-3H3,(H,15,18)(H,16,19). The van der Waals surface area contributed by atoms with Crippen molar-refractivity contribution in [2.45, 2.75) is 32.2 Å². The van der Waals surface area contributed by atoms with Crippen LogP contribution >= 0.6 is 11.9 Å². The number of amides is 1. The molecule has 2 heterocycles. The van der Waals surface area contributed by atoms with Crippen LogP contribution in [-0.4, -0.2) is 40.1 Å². The van der Waals surface area contributed by atoms with Crippen LogP contribution in [0, 0.1) is 6.92 Å². The van der Waals surface area contributed by atoms with Gasteiger partial charge >= 0.3 is 0 Å². The number of carbonyl (C=O) groups is 1. The van der Waals surface area contributed by atoms with E-state index in [1.165, 1.54) is 12.1 Å². The van der Waals surface area contributed by atoms with Crippen molar-refractivity contribution in [1.29, 1.82) is 0 Å². The fraction of sp³-hybridized carbons (Fsp3) is 0.571. The number of rotatable bonds is 3. The molecular weight excluding hydrogens is 274 g/mol. The minimum absolute atomic E-state index is 0.145. The molecule has 6 heteroatoms. The van der Waals surface area contributed by atoms with Gasteiger partial charge in [-0.3, -0.25) is 13.9 Å². The molecule has 1 aromatic heterocycles. The molecule has 0 aromatic carbocycles. The Hall–Kier alpha value is -1.27. The van der Waals surface area contributed by atoms with Crippen molar-refractivity contribution in [3.63, 3.8) is 0 Å². The van der Waals surface area contributed by atoms with Crippen molar-refractivity contribution in [2.75, 3.05) is 19.3 Å². The van der Waals surface area contributed by atoms with Gasteiger partial charge in [-0.05, 0) is 32.9 Å². The van der Waals surface area contributed by atoms with Crippen LogP contribution in [0.3, 0.4) is 0 Å².